The molecule has 19 heavy (non-hydrogen) atoms. The van der Waals surface area contributed by atoms with Crippen molar-refractivity contribution in [3.63, 3.8) is 0 Å². The smallest absolute Gasteiger partial charge is 0.340 e. The molecule has 0 bridgehead atoms. The predicted octanol–water partition coefficient (Wildman–Crippen LogP) is 1.46. The second kappa shape index (κ2) is 12.3. The van der Waals surface area contributed by atoms with Crippen LogP contribution in [0.4, 0.5) is 0 Å². The van der Waals surface area contributed by atoms with E-state index in [9.17, 15) is 14.4 Å². The van der Waals surface area contributed by atoms with E-state index in [0.29, 0.717) is 0 Å². The molecule has 0 saturated carbocycles. The summed E-state index contributed by atoms with van der Waals surface area (Å²) >= 11 is 0. The maximum Gasteiger partial charge on any atom is 0.340 e. The Morgan fingerprint density at radius 2 is 1.00 bits per heavy atom. The number of carbonyl (C=O) groups is 3. The van der Waals surface area contributed by atoms with Gasteiger partial charge >= 0.3 is 17.9 Å². The maximum atomic E-state index is 10.7. The number of aliphatic hydroxyl groups is 1. The van der Waals surface area contributed by atoms with Gasteiger partial charge < -0.3 is 14.9 Å². The number of carboxylic acids is 1. The van der Waals surface area contributed by atoms with E-state index < -0.39 is 17.9 Å². The van der Waals surface area contributed by atoms with Crippen LogP contribution in [0.5, 0.6) is 0 Å². The highest BCUT2D eigenvalue weighted by atomic mass is 16.6. The van der Waals surface area contributed by atoms with Crippen molar-refractivity contribution in [1.29, 1.82) is 0 Å². The monoisotopic (exact) mass is 272 g/mol. The Kier molecular flexibility index (Phi) is 14.2. The molecule has 0 saturated heterocycles. The quantitative estimate of drug-likeness (QED) is 0.458. The fourth-order valence-electron chi connectivity index (χ4n) is 0.258. The molecule has 0 aromatic carbocycles. The van der Waals surface area contributed by atoms with Crippen LogP contribution in [0.15, 0.2) is 36.5 Å². The van der Waals surface area contributed by atoms with Gasteiger partial charge in [0.1, 0.15) is 0 Å². The molecular weight excluding hydrogens is 252 g/mol. The van der Waals surface area contributed by atoms with Gasteiger partial charge in [0.25, 0.3) is 0 Å². The molecule has 0 fully saturated rings. The van der Waals surface area contributed by atoms with Crippen molar-refractivity contribution in [2.45, 2.75) is 20.8 Å². The molecule has 2 N–H and O–H groups in total. The van der Waals surface area contributed by atoms with Gasteiger partial charge in [-0.1, -0.05) is 19.7 Å². The fraction of sp³-hybridized carbons (Fsp3) is 0.308. The van der Waals surface area contributed by atoms with E-state index in [1.807, 2.05) is 0 Å². The highest BCUT2D eigenvalue weighted by Gasteiger charge is 2.10. The van der Waals surface area contributed by atoms with Crippen LogP contribution in [-0.4, -0.2) is 35.2 Å². The van der Waals surface area contributed by atoms with Crippen LogP contribution in [0.25, 0.3) is 0 Å². The molecule has 6 nitrogen and oxygen atoms in total. The highest BCUT2D eigenvalue weighted by molar-refractivity contribution is 6.00. The van der Waals surface area contributed by atoms with E-state index in [2.05, 4.69) is 24.5 Å². The Morgan fingerprint density at radius 3 is 1.11 bits per heavy atom. The molecule has 0 radical (unpaired) electrons. The number of carboxylic acid groups (broad SMARTS) is 1. The number of rotatable bonds is 3. The summed E-state index contributed by atoms with van der Waals surface area (Å²) in [7, 11) is 1.00. The lowest BCUT2D eigenvalue weighted by Crippen LogP contribution is -2.12. The van der Waals surface area contributed by atoms with Crippen LogP contribution in [0.3, 0.4) is 0 Å². The zero-order valence-electron chi connectivity index (χ0n) is 11.6. The van der Waals surface area contributed by atoms with Crippen molar-refractivity contribution in [2.75, 3.05) is 7.11 Å². The Hall–Kier alpha value is -2.21. The van der Waals surface area contributed by atoms with Gasteiger partial charge in [-0.3, -0.25) is 0 Å². The molecule has 0 aromatic heterocycles. The van der Waals surface area contributed by atoms with Crippen LogP contribution >= 0.6 is 0 Å². The third kappa shape index (κ3) is 15.8. The minimum Gasteiger partial charge on any atom is -0.478 e. The summed E-state index contributed by atoms with van der Waals surface area (Å²) in [6, 6.07) is 0. The minimum absolute atomic E-state index is 0.176. The Balaban J connectivity index is -0.000000271. The van der Waals surface area contributed by atoms with Gasteiger partial charge in [0.15, 0.2) is 0 Å². The van der Waals surface area contributed by atoms with E-state index in [1.54, 1.807) is 0 Å². The van der Waals surface area contributed by atoms with Crippen LogP contribution in [0.2, 0.25) is 0 Å². The minimum atomic E-state index is -0.935. The summed E-state index contributed by atoms with van der Waals surface area (Å²) in [6.07, 6.45) is 0. The maximum absolute atomic E-state index is 10.7. The Morgan fingerprint density at radius 1 is 0.789 bits per heavy atom. The molecule has 0 aromatic rings. The van der Waals surface area contributed by atoms with Gasteiger partial charge in [0.05, 0.1) is 0 Å². The fourth-order valence-corrected chi connectivity index (χ4v) is 0.258. The zero-order valence-corrected chi connectivity index (χ0v) is 11.6. The first-order valence-electron chi connectivity index (χ1n) is 5.00. The van der Waals surface area contributed by atoms with Gasteiger partial charge in [-0.25, -0.2) is 14.4 Å². The van der Waals surface area contributed by atoms with E-state index >= 15 is 0 Å². The number of hydrogen-bond acceptors (Lipinski definition) is 5. The molecular formula is C13H20O6. The number of aliphatic hydroxyl groups excluding tert-OH is 1. The zero-order chi connectivity index (χ0) is 16.2. The van der Waals surface area contributed by atoms with Crippen molar-refractivity contribution in [3.8, 4) is 0 Å². The Labute approximate surface area is 112 Å². The molecule has 108 valence electrons. The number of carbonyl (C=O) groups excluding carboxylic acids is 2. The summed E-state index contributed by atoms with van der Waals surface area (Å²) in [5.74, 6) is -2.36. The average molecular weight is 272 g/mol. The second-order valence-electron chi connectivity index (χ2n) is 3.32. The van der Waals surface area contributed by atoms with Gasteiger partial charge in [-0.15, -0.1) is 0 Å². The van der Waals surface area contributed by atoms with Gasteiger partial charge in [0.2, 0.25) is 0 Å². The van der Waals surface area contributed by atoms with Crippen molar-refractivity contribution in [3.05, 3.63) is 36.5 Å². The number of ether oxygens (including phenoxy) is 1. The molecule has 0 amide bonds. The lowest BCUT2D eigenvalue weighted by atomic mass is 10.3. The predicted molar refractivity (Wildman–Crippen MR) is 71.3 cm³/mol. The van der Waals surface area contributed by atoms with E-state index in [-0.39, 0.29) is 16.7 Å². The average Bonchev–Trinajstić information content (AvgIpc) is 2.31. The van der Waals surface area contributed by atoms with Gasteiger partial charge in [-0.2, -0.15) is 0 Å². The molecule has 0 atom stereocenters. The van der Waals surface area contributed by atoms with Gasteiger partial charge in [-0.05, 0) is 20.8 Å². The van der Waals surface area contributed by atoms with Crippen LogP contribution in [-0.2, 0) is 19.1 Å². The number of aliphatic carboxylic acids is 1. The molecule has 0 aliphatic heterocycles. The van der Waals surface area contributed by atoms with Gasteiger partial charge in [0, 0.05) is 23.8 Å². The van der Waals surface area contributed by atoms with Crippen molar-refractivity contribution >= 4 is 17.9 Å². The third-order valence-corrected chi connectivity index (χ3v) is 1.25. The largest absolute Gasteiger partial charge is 0.478 e. The van der Waals surface area contributed by atoms with Crippen LogP contribution in [0, 0.1) is 0 Å². The summed E-state index contributed by atoms with van der Waals surface area (Å²) in [5, 5.41) is 14.9. The molecule has 0 aliphatic rings. The third-order valence-electron chi connectivity index (χ3n) is 1.25. The van der Waals surface area contributed by atoms with Crippen LogP contribution < -0.4 is 0 Å². The molecule has 0 heterocycles. The lowest BCUT2D eigenvalue weighted by molar-refractivity contribution is -0.154. The molecule has 0 rings (SSSR count). The summed E-state index contributed by atoms with van der Waals surface area (Å²) in [4.78, 5) is 30.9. The lowest BCUT2D eigenvalue weighted by Gasteiger charge is -1.99. The van der Waals surface area contributed by atoms with Crippen molar-refractivity contribution in [1.82, 2.24) is 0 Å². The van der Waals surface area contributed by atoms with Crippen molar-refractivity contribution < 1.29 is 29.3 Å². The van der Waals surface area contributed by atoms with Crippen molar-refractivity contribution in [2.24, 2.45) is 0 Å². The van der Waals surface area contributed by atoms with Crippen LogP contribution in [0.1, 0.15) is 20.8 Å². The summed E-state index contributed by atoms with van der Waals surface area (Å²) in [6.45, 7) is 14.2. The number of hydrogen-bond donors (Lipinski definition) is 2. The molecule has 0 aliphatic carbocycles. The standard InChI is InChI=1S/C8H10O3.C4H6O2.CH4O/c1-5(2)7(9)11-8(10)6(3)4;1-3(2)4(5)6;1-2/h1,3H2,2,4H3;1H2,2H3,(H,5,6);2H,1H3. The topological polar surface area (TPSA) is 101 Å². The van der Waals surface area contributed by atoms with E-state index in [0.717, 1.165) is 7.11 Å². The van der Waals surface area contributed by atoms with E-state index in [1.165, 1.54) is 20.8 Å². The highest BCUT2D eigenvalue weighted by Crippen LogP contribution is 1.97. The number of esters is 2. The summed E-state index contributed by atoms with van der Waals surface area (Å²) in [5.41, 5.74) is 0.564. The second-order valence-corrected chi connectivity index (χ2v) is 3.32. The first-order chi connectivity index (χ1) is 8.59. The molecule has 0 unspecified atom stereocenters. The summed E-state index contributed by atoms with van der Waals surface area (Å²) < 4.78 is 4.30. The first kappa shape index (κ1) is 22.0. The Bertz CT molecular complexity index is 343. The normalized spacial score (nSPS) is 7.63. The SMILES string of the molecule is C=C(C)C(=O)O.C=C(C)C(=O)OC(=O)C(=C)C.CO. The first-order valence-corrected chi connectivity index (χ1v) is 5.00. The van der Waals surface area contributed by atoms with E-state index in [4.69, 9.17) is 10.2 Å². The molecule has 6 heteroatoms. The molecule has 0 spiro atoms.